The Morgan fingerprint density at radius 3 is 2.08 bits per heavy atom. The summed E-state index contributed by atoms with van der Waals surface area (Å²) >= 11 is 0. The number of aliphatic carboxylic acids is 1. The van der Waals surface area contributed by atoms with Crippen LogP contribution in [0.1, 0.15) is 90.2 Å². The summed E-state index contributed by atoms with van der Waals surface area (Å²) in [6, 6.07) is -8.57. The predicted molar refractivity (Wildman–Crippen MR) is 258 cm³/mol. The molecule has 0 spiro atoms. The van der Waals surface area contributed by atoms with Crippen LogP contribution >= 0.6 is 0 Å². The Kier molecular flexibility index (Phi) is 27.4. The van der Waals surface area contributed by atoms with E-state index < -0.39 is 114 Å². The lowest BCUT2D eigenvalue weighted by Gasteiger charge is -2.30. The molecule has 2 rings (SSSR count). The predicted octanol–water partition coefficient (Wildman–Crippen LogP) is -6.04. The second-order valence-electron chi connectivity index (χ2n) is 17.0. The molecule has 0 saturated carbocycles. The molecule has 71 heavy (non-hydrogen) atoms. The largest absolute Gasteiger partial charge is 0.477 e. The van der Waals surface area contributed by atoms with Crippen molar-refractivity contribution in [2.24, 2.45) is 39.4 Å². The van der Waals surface area contributed by atoms with E-state index in [9.17, 15) is 53.4 Å². The van der Waals surface area contributed by atoms with E-state index in [1.165, 1.54) is 37.3 Å². The molecule has 28 heteroatoms. The molecule has 22 N–H and O–H groups in total. The van der Waals surface area contributed by atoms with Crippen LogP contribution in [0.3, 0.4) is 0 Å². The molecule has 2 heterocycles. The van der Waals surface area contributed by atoms with E-state index in [1.54, 1.807) is 0 Å². The van der Waals surface area contributed by atoms with E-state index in [0.29, 0.717) is 50.8 Å². The minimum atomic E-state index is -1.45. The fourth-order valence-corrected chi connectivity index (χ4v) is 7.26. The smallest absolute Gasteiger partial charge is 0.352 e. The zero-order chi connectivity index (χ0) is 53.0. The Morgan fingerprint density at radius 2 is 1.48 bits per heavy atom. The number of aliphatic imine (C=N–C) groups is 1. The first-order valence-corrected chi connectivity index (χ1v) is 23.6. The number of amides is 8. The zero-order valence-corrected chi connectivity index (χ0v) is 40.5. The van der Waals surface area contributed by atoms with Gasteiger partial charge < -0.3 is 91.7 Å². The van der Waals surface area contributed by atoms with E-state index in [0.717, 1.165) is 0 Å². The highest BCUT2D eigenvalue weighted by Gasteiger charge is 2.39. The average molecular weight is 1010 g/mol. The molecule has 0 aromatic carbocycles. The monoisotopic (exact) mass is 1010 g/mol. The van der Waals surface area contributed by atoms with Crippen molar-refractivity contribution in [3.8, 4) is 0 Å². The van der Waals surface area contributed by atoms with Gasteiger partial charge in [-0.05, 0) is 97.7 Å². The SMILES string of the molecule is C[C@H](NC(=O)[C@@H](NC(=O)[C@@H](N)CCCCN)[C@H](C)O)C(=O)NCC(=O)N[C@H](CCCN)C(=O)N1CCC[C@H]1C(=O)N[C@@H](Cc1cnc[nH]1)C(=O)N[C@@H](CCCCN)C(=O)N/C(=C\CCN=C(N)N)C(=O)O. The molecule has 1 aromatic rings. The third kappa shape index (κ3) is 21.8. The number of likely N-dealkylation sites (tertiary alicyclic amines) is 1. The summed E-state index contributed by atoms with van der Waals surface area (Å²) < 4.78 is 0. The second kappa shape index (κ2) is 32.2. The van der Waals surface area contributed by atoms with Gasteiger partial charge in [-0.15, -0.1) is 0 Å². The van der Waals surface area contributed by atoms with E-state index in [-0.39, 0.29) is 70.7 Å². The second-order valence-corrected chi connectivity index (χ2v) is 17.0. The van der Waals surface area contributed by atoms with Crippen LogP contribution in [-0.4, -0.2) is 172 Å². The number of H-pyrrole nitrogens is 1. The topological polar surface area (TPSA) is 479 Å². The van der Waals surface area contributed by atoms with Crippen LogP contribution in [0.15, 0.2) is 29.3 Å². The summed E-state index contributed by atoms with van der Waals surface area (Å²) in [5.74, 6) is -7.83. The molecule has 1 aliphatic heterocycles. The van der Waals surface area contributed by atoms with Gasteiger partial charge in [-0.2, -0.15) is 0 Å². The van der Waals surface area contributed by atoms with Crippen LogP contribution in [0.4, 0.5) is 0 Å². The molecular weight excluding hydrogens is 931 g/mol. The minimum Gasteiger partial charge on any atom is -0.477 e. The van der Waals surface area contributed by atoms with Gasteiger partial charge in [-0.25, -0.2) is 9.78 Å². The van der Waals surface area contributed by atoms with E-state index >= 15 is 0 Å². The molecule has 1 aliphatic rings. The van der Waals surface area contributed by atoms with E-state index in [2.05, 4.69) is 52.2 Å². The molecule has 0 radical (unpaired) electrons. The minimum absolute atomic E-state index is 0.0450. The Bertz CT molecular complexity index is 1980. The summed E-state index contributed by atoms with van der Waals surface area (Å²) in [4.78, 5) is 131. The number of carbonyl (C=O) groups is 9. The molecule has 8 amide bonds. The molecule has 0 bridgehead atoms. The molecule has 1 saturated heterocycles. The van der Waals surface area contributed by atoms with Crippen molar-refractivity contribution in [2.45, 2.75) is 139 Å². The van der Waals surface area contributed by atoms with Crippen LogP contribution in [0.25, 0.3) is 0 Å². The number of imidazole rings is 1. The first-order chi connectivity index (χ1) is 33.7. The van der Waals surface area contributed by atoms with Crippen molar-refractivity contribution in [1.82, 2.24) is 52.1 Å². The van der Waals surface area contributed by atoms with Gasteiger partial charge in [0.25, 0.3) is 0 Å². The van der Waals surface area contributed by atoms with Crippen LogP contribution in [-0.2, 0) is 49.6 Å². The molecule has 28 nitrogen and oxygen atoms in total. The van der Waals surface area contributed by atoms with Crippen molar-refractivity contribution in [1.29, 1.82) is 0 Å². The van der Waals surface area contributed by atoms with Crippen LogP contribution in [0, 0.1) is 0 Å². The number of unbranched alkanes of at least 4 members (excludes halogenated alkanes) is 2. The third-order valence-corrected chi connectivity index (χ3v) is 11.2. The number of aliphatic hydroxyl groups is 1. The number of aromatic nitrogens is 2. The van der Waals surface area contributed by atoms with Crippen molar-refractivity contribution >= 4 is 59.2 Å². The quantitative estimate of drug-likeness (QED) is 0.0135. The molecule has 1 fully saturated rings. The lowest BCUT2D eigenvalue weighted by molar-refractivity contribution is -0.142. The summed E-state index contributed by atoms with van der Waals surface area (Å²) in [6.45, 7) is 2.95. The van der Waals surface area contributed by atoms with E-state index in [4.69, 9.17) is 34.4 Å². The van der Waals surface area contributed by atoms with Crippen molar-refractivity contribution in [2.75, 3.05) is 39.3 Å². The van der Waals surface area contributed by atoms with E-state index in [1.807, 2.05) is 0 Å². The Hall–Kier alpha value is -6.75. The Balaban J connectivity index is 2.19. The number of aliphatic hydroxyl groups excluding tert-OH is 1. The Labute approximate surface area is 411 Å². The highest BCUT2D eigenvalue weighted by molar-refractivity contribution is 5.99. The number of nitrogens with one attached hydrogen (secondary N) is 8. The number of guanidine groups is 1. The number of nitrogens with two attached hydrogens (primary N) is 6. The number of carbonyl (C=O) groups excluding carboxylic acids is 8. The van der Waals surface area contributed by atoms with Gasteiger partial charge in [0.1, 0.15) is 41.9 Å². The maximum atomic E-state index is 14.1. The number of carboxylic acids is 1. The first-order valence-electron chi connectivity index (χ1n) is 23.6. The maximum Gasteiger partial charge on any atom is 0.352 e. The lowest BCUT2D eigenvalue weighted by atomic mass is 10.1. The van der Waals surface area contributed by atoms with Crippen LogP contribution in [0.5, 0.6) is 0 Å². The van der Waals surface area contributed by atoms with Crippen LogP contribution < -0.4 is 71.6 Å². The molecular formula is C43H75N17O11. The van der Waals surface area contributed by atoms with Gasteiger partial charge in [-0.1, -0.05) is 12.5 Å². The number of aromatic amines is 1. The van der Waals surface area contributed by atoms with Gasteiger partial charge in [0, 0.05) is 31.4 Å². The number of hydrogen-bond acceptors (Lipinski definition) is 16. The highest BCUT2D eigenvalue weighted by Crippen LogP contribution is 2.20. The Morgan fingerprint density at radius 1 is 0.817 bits per heavy atom. The molecule has 1 aromatic heterocycles. The summed E-state index contributed by atoms with van der Waals surface area (Å²) in [6.07, 6.45) is 5.89. The van der Waals surface area contributed by atoms with Gasteiger partial charge in [0.2, 0.25) is 47.3 Å². The number of nitrogens with zero attached hydrogens (tertiary/aromatic N) is 3. The summed E-state index contributed by atoms with van der Waals surface area (Å²) in [5, 5.41) is 37.4. The zero-order valence-electron chi connectivity index (χ0n) is 40.5. The van der Waals surface area contributed by atoms with Gasteiger partial charge in [0.05, 0.1) is 25.0 Å². The molecule has 0 unspecified atom stereocenters. The van der Waals surface area contributed by atoms with Crippen molar-refractivity contribution in [3.63, 3.8) is 0 Å². The fraction of sp³-hybridized carbons (Fsp3) is 0.651. The standard InChI is InChI=1S/C43H75N17O11/c1-24(54-40(68)34(25(2)61)59-36(64)27(47)10-3-5-15-44)35(63)52-22-33(62)55-29(12-7-17-46)41(69)60-19-9-14-32(60)39(67)58-31(20-26-21-50-23-53-26)38(66)56-28(11-4-6-16-45)37(65)57-30(42(70)71)13-8-18-51-43(48)49/h13,21,23-25,27-29,31-32,34,61H,3-12,14-20,22,44-47H2,1-2H3,(H,50,53)(H,52,63)(H,54,68)(H,55,62)(H,56,66)(H,57,65)(H,58,67)(H,59,64)(H,70,71)(H4,48,49,51)/b30-13-/t24-,25-,27-,28-,29+,31-,32-,34-/m0/s1. The highest BCUT2D eigenvalue weighted by atomic mass is 16.4. The summed E-state index contributed by atoms with van der Waals surface area (Å²) in [5.41, 5.74) is 33.4. The normalized spacial score (nSPS) is 16.4. The number of hydrogen-bond donors (Lipinski definition) is 16. The van der Waals surface area contributed by atoms with Crippen molar-refractivity contribution in [3.05, 3.63) is 30.0 Å². The lowest BCUT2D eigenvalue weighted by Crippen LogP contribution is -2.59. The first kappa shape index (κ1) is 60.4. The molecule has 8 atom stereocenters. The average Bonchev–Trinajstić information content (AvgIpc) is 4.04. The van der Waals surface area contributed by atoms with Gasteiger partial charge in [-0.3, -0.25) is 43.3 Å². The summed E-state index contributed by atoms with van der Waals surface area (Å²) in [7, 11) is 0. The number of carboxylic acid groups (broad SMARTS) is 1. The third-order valence-electron chi connectivity index (χ3n) is 11.2. The van der Waals surface area contributed by atoms with Gasteiger partial charge in [0.15, 0.2) is 5.96 Å². The molecule has 0 aliphatic carbocycles. The fourth-order valence-electron chi connectivity index (χ4n) is 7.26. The van der Waals surface area contributed by atoms with Gasteiger partial charge >= 0.3 is 5.97 Å². The van der Waals surface area contributed by atoms with Crippen molar-refractivity contribution < 1.29 is 53.4 Å². The number of rotatable bonds is 33. The van der Waals surface area contributed by atoms with Crippen LogP contribution in [0.2, 0.25) is 0 Å². The molecule has 398 valence electrons. The maximum absolute atomic E-state index is 14.1.